The molecule has 0 N–H and O–H groups in total. The largest absolute Gasteiger partial charge is 0.327 e. The van der Waals surface area contributed by atoms with E-state index in [0.717, 1.165) is 36.4 Å². The van der Waals surface area contributed by atoms with Gasteiger partial charge in [-0.25, -0.2) is 4.98 Å². The Balaban J connectivity index is 1.83. The number of fused-ring (bicyclic) bond motifs is 1. The molecule has 1 unspecified atom stereocenters. The van der Waals surface area contributed by atoms with Gasteiger partial charge in [0.2, 0.25) is 0 Å². The number of benzene rings is 1. The van der Waals surface area contributed by atoms with Gasteiger partial charge in [0, 0.05) is 25.5 Å². The summed E-state index contributed by atoms with van der Waals surface area (Å²) in [7, 11) is 0. The molecule has 2 aromatic heterocycles. The third-order valence-corrected chi connectivity index (χ3v) is 3.56. The Bertz CT molecular complexity index is 685. The fourth-order valence-corrected chi connectivity index (χ4v) is 2.62. The van der Waals surface area contributed by atoms with Gasteiger partial charge in [0.25, 0.3) is 0 Å². The highest BCUT2D eigenvalue weighted by molar-refractivity contribution is 6.20. The molecule has 0 aliphatic heterocycles. The summed E-state index contributed by atoms with van der Waals surface area (Å²) in [4.78, 5) is 4.64. The molecule has 0 saturated heterocycles. The van der Waals surface area contributed by atoms with Crippen molar-refractivity contribution in [1.82, 2.24) is 19.3 Å². The van der Waals surface area contributed by atoms with Crippen molar-refractivity contribution in [3.8, 4) is 0 Å². The Kier molecular flexibility index (Phi) is 3.74. The molecular formula is C15H17ClN4. The van der Waals surface area contributed by atoms with Gasteiger partial charge in [-0.3, -0.25) is 4.68 Å². The lowest BCUT2D eigenvalue weighted by Crippen LogP contribution is -2.08. The minimum atomic E-state index is -0.0906. The summed E-state index contributed by atoms with van der Waals surface area (Å²) < 4.78 is 4.17. The van der Waals surface area contributed by atoms with Crippen molar-refractivity contribution < 1.29 is 0 Å². The first kappa shape index (κ1) is 13.2. The second-order valence-electron chi connectivity index (χ2n) is 4.85. The lowest BCUT2D eigenvalue weighted by atomic mass is 10.3. The molecule has 5 heteroatoms. The van der Waals surface area contributed by atoms with E-state index in [1.807, 2.05) is 42.1 Å². The van der Waals surface area contributed by atoms with E-state index in [2.05, 4.69) is 20.7 Å². The fourth-order valence-electron chi connectivity index (χ4n) is 2.46. The maximum Gasteiger partial charge on any atom is 0.127 e. The van der Waals surface area contributed by atoms with E-state index in [1.54, 1.807) is 6.20 Å². The summed E-state index contributed by atoms with van der Waals surface area (Å²) in [6.07, 6.45) is 4.79. The number of hydrogen-bond donors (Lipinski definition) is 0. The number of imidazole rings is 1. The van der Waals surface area contributed by atoms with Crippen LogP contribution in [0.4, 0.5) is 0 Å². The molecule has 1 aromatic carbocycles. The number of alkyl halides is 1. The normalized spacial score (nSPS) is 12.9. The third kappa shape index (κ3) is 2.56. The van der Waals surface area contributed by atoms with Gasteiger partial charge in [0.05, 0.1) is 16.4 Å². The second-order valence-corrected chi connectivity index (χ2v) is 5.50. The van der Waals surface area contributed by atoms with E-state index in [0.29, 0.717) is 0 Å². The zero-order valence-electron chi connectivity index (χ0n) is 11.4. The maximum absolute atomic E-state index is 6.26. The van der Waals surface area contributed by atoms with Crippen molar-refractivity contribution in [3.05, 3.63) is 48.5 Å². The maximum atomic E-state index is 6.26. The first-order valence-electron chi connectivity index (χ1n) is 6.82. The Morgan fingerprint density at radius 3 is 2.80 bits per heavy atom. The van der Waals surface area contributed by atoms with Crippen molar-refractivity contribution in [1.29, 1.82) is 0 Å². The minimum absolute atomic E-state index is 0.0906. The van der Waals surface area contributed by atoms with Gasteiger partial charge >= 0.3 is 0 Å². The number of aromatic nitrogens is 4. The summed E-state index contributed by atoms with van der Waals surface area (Å²) in [6, 6.07) is 10.1. The molecule has 0 fully saturated rings. The van der Waals surface area contributed by atoms with Crippen molar-refractivity contribution >= 4 is 22.6 Å². The quantitative estimate of drug-likeness (QED) is 0.672. The summed E-state index contributed by atoms with van der Waals surface area (Å²) in [5.74, 6) is 0.938. The first-order valence-corrected chi connectivity index (χ1v) is 7.26. The smallest absolute Gasteiger partial charge is 0.127 e. The van der Waals surface area contributed by atoms with Crippen molar-refractivity contribution in [2.75, 3.05) is 0 Å². The Hall–Kier alpha value is -1.81. The number of hydrogen-bond acceptors (Lipinski definition) is 2. The average molecular weight is 289 g/mol. The number of rotatable bonds is 5. The van der Waals surface area contributed by atoms with E-state index in [9.17, 15) is 0 Å². The van der Waals surface area contributed by atoms with Crippen LogP contribution in [0.15, 0.2) is 42.7 Å². The lowest BCUT2D eigenvalue weighted by Gasteiger charge is -2.10. The molecule has 104 valence electrons. The van der Waals surface area contributed by atoms with Crippen LogP contribution in [0.25, 0.3) is 11.0 Å². The highest BCUT2D eigenvalue weighted by Gasteiger charge is 2.14. The molecule has 0 amide bonds. The highest BCUT2D eigenvalue weighted by atomic mass is 35.5. The molecule has 0 bridgehead atoms. The van der Waals surface area contributed by atoms with Crippen LogP contribution < -0.4 is 0 Å². The van der Waals surface area contributed by atoms with Crippen molar-refractivity contribution in [2.24, 2.45) is 0 Å². The number of aryl methyl sites for hydroxylation is 2. The number of halogens is 1. The van der Waals surface area contributed by atoms with E-state index < -0.39 is 0 Å². The zero-order chi connectivity index (χ0) is 13.9. The van der Waals surface area contributed by atoms with Gasteiger partial charge in [0.15, 0.2) is 0 Å². The molecule has 20 heavy (non-hydrogen) atoms. The number of para-hydroxylation sites is 2. The second kappa shape index (κ2) is 5.67. The highest BCUT2D eigenvalue weighted by Crippen LogP contribution is 2.24. The molecular weight excluding hydrogens is 272 g/mol. The molecule has 0 aliphatic carbocycles. The standard InChI is InChI=1S/C15H17ClN4/c1-12(16)15-18-13-6-2-3-7-14(13)20(15)11-5-10-19-9-4-8-17-19/h2-4,6-9,12H,5,10-11H2,1H3. The minimum Gasteiger partial charge on any atom is -0.327 e. The molecule has 0 spiro atoms. The lowest BCUT2D eigenvalue weighted by molar-refractivity contribution is 0.523. The van der Waals surface area contributed by atoms with Crippen LogP contribution in [-0.2, 0) is 13.1 Å². The monoisotopic (exact) mass is 288 g/mol. The summed E-state index contributed by atoms with van der Waals surface area (Å²) in [6.45, 7) is 3.76. The molecule has 1 atom stereocenters. The molecule has 4 nitrogen and oxygen atoms in total. The zero-order valence-corrected chi connectivity index (χ0v) is 12.2. The molecule has 0 radical (unpaired) electrons. The van der Waals surface area contributed by atoms with Crippen LogP contribution in [-0.4, -0.2) is 19.3 Å². The topological polar surface area (TPSA) is 35.6 Å². The van der Waals surface area contributed by atoms with E-state index in [1.165, 1.54) is 0 Å². The fraction of sp³-hybridized carbons (Fsp3) is 0.333. The predicted octanol–water partition coefficient (Wildman–Crippen LogP) is 3.62. The predicted molar refractivity (Wildman–Crippen MR) is 80.8 cm³/mol. The van der Waals surface area contributed by atoms with Gasteiger partial charge in [0.1, 0.15) is 5.82 Å². The van der Waals surface area contributed by atoms with Gasteiger partial charge in [-0.1, -0.05) is 12.1 Å². The average Bonchev–Trinajstić information content (AvgIpc) is 3.07. The molecule has 3 rings (SSSR count). The van der Waals surface area contributed by atoms with Gasteiger partial charge in [-0.15, -0.1) is 11.6 Å². The van der Waals surface area contributed by atoms with Crippen molar-refractivity contribution in [3.63, 3.8) is 0 Å². The Labute approximate surface area is 123 Å². The summed E-state index contributed by atoms with van der Waals surface area (Å²) >= 11 is 6.26. The van der Waals surface area contributed by atoms with E-state index in [-0.39, 0.29) is 5.38 Å². The summed E-state index contributed by atoms with van der Waals surface area (Å²) in [5.41, 5.74) is 2.16. The SMILES string of the molecule is CC(Cl)c1nc2ccccc2n1CCCn1cccn1. The van der Waals surface area contributed by atoms with E-state index in [4.69, 9.17) is 11.6 Å². The third-order valence-electron chi connectivity index (χ3n) is 3.37. The number of nitrogens with zero attached hydrogens (tertiary/aromatic N) is 4. The van der Waals surface area contributed by atoms with Crippen LogP contribution in [0.5, 0.6) is 0 Å². The first-order chi connectivity index (χ1) is 9.75. The van der Waals surface area contributed by atoms with E-state index >= 15 is 0 Å². The van der Waals surface area contributed by atoms with Crippen LogP contribution in [0.1, 0.15) is 24.5 Å². The molecule has 0 saturated carbocycles. The van der Waals surface area contributed by atoms with Gasteiger partial charge in [-0.05, 0) is 31.5 Å². The Morgan fingerprint density at radius 2 is 2.05 bits per heavy atom. The Morgan fingerprint density at radius 1 is 1.20 bits per heavy atom. The molecule has 0 aliphatic rings. The van der Waals surface area contributed by atoms with Crippen LogP contribution >= 0.6 is 11.6 Å². The van der Waals surface area contributed by atoms with Crippen LogP contribution in [0, 0.1) is 0 Å². The van der Waals surface area contributed by atoms with Gasteiger partial charge < -0.3 is 4.57 Å². The summed E-state index contributed by atoms with van der Waals surface area (Å²) in [5, 5.41) is 4.13. The molecule has 2 heterocycles. The van der Waals surface area contributed by atoms with Crippen LogP contribution in [0.3, 0.4) is 0 Å². The van der Waals surface area contributed by atoms with Crippen molar-refractivity contribution in [2.45, 2.75) is 31.8 Å². The van der Waals surface area contributed by atoms with Gasteiger partial charge in [-0.2, -0.15) is 5.10 Å². The van der Waals surface area contributed by atoms with Crippen LogP contribution in [0.2, 0.25) is 0 Å². The molecule has 3 aromatic rings.